The Morgan fingerprint density at radius 3 is 2.08 bits per heavy atom. The number of benzene rings is 3. The van der Waals surface area contributed by atoms with Crippen molar-refractivity contribution in [1.82, 2.24) is 10.2 Å². The number of ether oxygens (including phenoxy) is 3. The van der Waals surface area contributed by atoms with Crippen LogP contribution >= 0.6 is 0 Å². The molecule has 208 valence electrons. The van der Waals surface area contributed by atoms with E-state index in [0.717, 1.165) is 28.9 Å². The standard InChI is InChI=1S/C32H40N2O5/c1-23(2)17-18-33-32(36)28(19-24-9-7-6-8-10-24)34(22-25-11-14-27(37-3)15-12-25)31(35)21-26-13-16-29(38-4)30(20-26)39-5/h6-16,20,23,28H,17-19,21-22H2,1-5H3,(H,33,36). The molecule has 3 rings (SSSR count). The summed E-state index contributed by atoms with van der Waals surface area (Å²) in [6, 6.07) is 22.1. The van der Waals surface area contributed by atoms with Crippen LogP contribution in [-0.2, 0) is 29.0 Å². The van der Waals surface area contributed by atoms with Gasteiger partial charge >= 0.3 is 0 Å². The SMILES string of the molecule is COc1ccc(CN(C(=O)Cc2ccc(OC)c(OC)c2)C(Cc2ccccc2)C(=O)NCCC(C)C)cc1. The van der Waals surface area contributed by atoms with Gasteiger partial charge in [-0.15, -0.1) is 0 Å². The second-order valence-corrected chi connectivity index (χ2v) is 9.91. The second kappa shape index (κ2) is 14.8. The van der Waals surface area contributed by atoms with E-state index >= 15 is 0 Å². The quantitative estimate of drug-likeness (QED) is 0.314. The Morgan fingerprint density at radius 1 is 0.795 bits per heavy atom. The fourth-order valence-corrected chi connectivity index (χ4v) is 4.35. The van der Waals surface area contributed by atoms with E-state index in [1.807, 2.05) is 60.7 Å². The van der Waals surface area contributed by atoms with Gasteiger partial charge in [-0.2, -0.15) is 0 Å². The molecular weight excluding hydrogens is 492 g/mol. The number of methoxy groups -OCH3 is 3. The molecule has 0 saturated heterocycles. The van der Waals surface area contributed by atoms with Crippen LogP contribution in [0.4, 0.5) is 0 Å². The van der Waals surface area contributed by atoms with E-state index in [4.69, 9.17) is 14.2 Å². The van der Waals surface area contributed by atoms with Crippen LogP contribution in [0.3, 0.4) is 0 Å². The molecule has 39 heavy (non-hydrogen) atoms. The summed E-state index contributed by atoms with van der Waals surface area (Å²) in [6.45, 7) is 5.08. The average molecular weight is 533 g/mol. The van der Waals surface area contributed by atoms with Gasteiger partial charge in [0.05, 0.1) is 27.8 Å². The number of carbonyl (C=O) groups excluding carboxylic acids is 2. The number of nitrogens with one attached hydrogen (secondary N) is 1. The fraction of sp³-hybridized carbons (Fsp3) is 0.375. The Labute approximate surface area is 232 Å². The van der Waals surface area contributed by atoms with Crippen molar-refractivity contribution in [1.29, 1.82) is 0 Å². The fourth-order valence-electron chi connectivity index (χ4n) is 4.35. The van der Waals surface area contributed by atoms with Gasteiger partial charge in [0.25, 0.3) is 0 Å². The van der Waals surface area contributed by atoms with Crippen molar-refractivity contribution in [2.24, 2.45) is 5.92 Å². The summed E-state index contributed by atoms with van der Waals surface area (Å²) in [7, 11) is 4.76. The van der Waals surface area contributed by atoms with Gasteiger partial charge in [-0.05, 0) is 53.3 Å². The summed E-state index contributed by atoms with van der Waals surface area (Å²) in [5.41, 5.74) is 2.67. The zero-order valence-corrected chi connectivity index (χ0v) is 23.6. The third-order valence-electron chi connectivity index (χ3n) is 6.61. The Balaban J connectivity index is 1.95. The molecule has 0 heterocycles. The van der Waals surface area contributed by atoms with Gasteiger partial charge in [-0.25, -0.2) is 0 Å². The third kappa shape index (κ3) is 8.77. The first-order valence-corrected chi connectivity index (χ1v) is 13.3. The zero-order chi connectivity index (χ0) is 28.2. The normalized spacial score (nSPS) is 11.5. The first-order chi connectivity index (χ1) is 18.8. The molecule has 3 aromatic carbocycles. The van der Waals surface area contributed by atoms with E-state index in [9.17, 15) is 9.59 Å². The molecule has 0 bridgehead atoms. The molecule has 1 N–H and O–H groups in total. The van der Waals surface area contributed by atoms with E-state index in [1.54, 1.807) is 38.4 Å². The maximum atomic E-state index is 14.0. The van der Waals surface area contributed by atoms with Gasteiger partial charge in [0, 0.05) is 19.5 Å². The minimum atomic E-state index is -0.686. The number of hydrogen-bond donors (Lipinski definition) is 1. The summed E-state index contributed by atoms with van der Waals surface area (Å²) in [6.07, 6.45) is 1.38. The highest BCUT2D eigenvalue weighted by atomic mass is 16.5. The van der Waals surface area contributed by atoms with Crippen molar-refractivity contribution in [2.75, 3.05) is 27.9 Å². The van der Waals surface area contributed by atoms with Crippen LogP contribution in [0.25, 0.3) is 0 Å². The van der Waals surface area contributed by atoms with E-state index in [0.29, 0.717) is 30.4 Å². The minimum Gasteiger partial charge on any atom is -0.497 e. The predicted octanol–water partition coefficient (Wildman–Crippen LogP) is 5.06. The molecule has 0 aliphatic rings. The van der Waals surface area contributed by atoms with Crippen LogP contribution in [0.15, 0.2) is 72.8 Å². The van der Waals surface area contributed by atoms with Crippen LogP contribution in [0.5, 0.6) is 17.2 Å². The molecule has 0 radical (unpaired) electrons. The van der Waals surface area contributed by atoms with Crippen molar-refractivity contribution in [3.8, 4) is 17.2 Å². The van der Waals surface area contributed by atoms with Crippen molar-refractivity contribution < 1.29 is 23.8 Å². The van der Waals surface area contributed by atoms with Crippen molar-refractivity contribution in [3.05, 3.63) is 89.5 Å². The number of hydrogen-bond acceptors (Lipinski definition) is 5. The monoisotopic (exact) mass is 532 g/mol. The smallest absolute Gasteiger partial charge is 0.243 e. The van der Waals surface area contributed by atoms with Crippen LogP contribution in [-0.4, -0.2) is 50.6 Å². The molecular formula is C32H40N2O5. The topological polar surface area (TPSA) is 77.1 Å². The van der Waals surface area contributed by atoms with Crippen molar-refractivity contribution in [2.45, 2.75) is 45.7 Å². The highest BCUT2D eigenvalue weighted by Gasteiger charge is 2.30. The minimum absolute atomic E-state index is 0.112. The summed E-state index contributed by atoms with van der Waals surface area (Å²) in [4.78, 5) is 29.3. The highest BCUT2D eigenvalue weighted by Crippen LogP contribution is 2.28. The van der Waals surface area contributed by atoms with Gasteiger partial charge in [0.2, 0.25) is 11.8 Å². The number of rotatable bonds is 14. The highest BCUT2D eigenvalue weighted by molar-refractivity contribution is 5.89. The molecule has 0 spiro atoms. The van der Waals surface area contributed by atoms with E-state index in [1.165, 1.54) is 0 Å². The lowest BCUT2D eigenvalue weighted by Gasteiger charge is -2.32. The molecule has 0 aromatic heterocycles. The molecule has 0 aliphatic heterocycles. The molecule has 0 saturated carbocycles. The molecule has 0 fully saturated rings. The van der Waals surface area contributed by atoms with E-state index < -0.39 is 6.04 Å². The van der Waals surface area contributed by atoms with Gasteiger partial charge in [0.1, 0.15) is 11.8 Å². The van der Waals surface area contributed by atoms with Crippen molar-refractivity contribution >= 4 is 11.8 Å². The first-order valence-electron chi connectivity index (χ1n) is 13.3. The molecule has 1 atom stereocenters. The van der Waals surface area contributed by atoms with Crippen molar-refractivity contribution in [3.63, 3.8) is 0 Å². The Hall–Kier alpha value is -4.00. The van der Waals surface area contributed by atoms with Gasteiger partial charge in [-0.3, -0.25) is 9.59 Å². The molecule has 3 aromatic rings. The lowest BCUT2D eigenvalue weighted by atomic mass is 10.0. The summed E-state index contributed by atoms with van der Waals surface area (Å²) in [5.74, 6) is 2.02. The van der Waals surface area contributed by atoms with Crippen LogP contribution in [0.1, 0.15) is 37.0 Å². The Kier molecular flexibility index (Phi) is 11.2. The Morgan fingerprint density at radius 2 is 1.46 bits per heavy atom. The predicted molar refractivity (Wildman–Crippen MR) is 153 cm³/mol. The Bertz CT molecular complexity index is 1190. The summed E-state index contributed by atoms with van der Waals surface area (Å²) >= 11 is 0. The van der Waals surface area contributed by atoms with E-state index in [-0.39, 0.29) is 24.8 Å². The average Bonchev–Trinajstić information content (AvgIpc) is 2.95. The van der Waals surface area contributed by atoms with Crippen LogP contribution in [0, 0.1) is 5.92 Å². The molecule has 7 heteroatoms. The summed E-state index contributed by atoms with van der Waals surface area (Å²) < 4.78 is 16.1. The van der Waals surface area contributed by atoms with Gasteiger partial charge < -0.3 is 24.4 Å². The largest absolute Gasteiger partial charge is 0.497 e. The summed E-state index contributed by atoms with van der Waals surface area (Å²) in [5, 5.41) is 3.08. The second-order valence-electron chi connectivity index (χ2n) is 9.91. The number of amides is 2. The number of carbonyl (C=O) groups is 2. The molecule has 0 aliphatic carbocycles. The molecule has 1 unspecified atom stereocenters. The van der Waals surface area contributed by atoms with Crippen LogP contribution < -0.4 is 19.5 Å². The molecule has 2 amide bonds. The lowest BCUT2D eigenvalue weighted by Crippen LogP contribution is -2.51. The maximum Gasteiger partial charge on any atom is 0.243 e. The zero-order valence-electron chi connectivity index (χ0n) is 23.6. The van der Waals surface area contributed by atoms with E-state index in [2.05, 4.69) is 19.2 Å². The van der Waals surface area contributed by atoms with Gasteiger partial charge in [-0.1, -0.05) is 62.4 Å². The maximum absolute atomic E-state index is 14.0. The van der Waals surface area contributed by atoms with Crippen LogP contribution in [0.2, 0.25) is 0 Å². The molecule has 7 nitrogen and oxygen atoms in total. The van der Waals surface area contributed by atoms with Gasteiger partial charge in [0.15, 0.2) is 11.5 Å². The lowest BCUT2D eigenvalue weighted by molar-refractivity contribution is -0.140. The first kappa shape index (κ1) is 29.6. The number of nitrogens with zero attached hydrogens (tertiary/aromatic N) is 1. The third-order valence-corrected chi connectivity index (χ3v) is 6.61.